The van der Waals surface area contributed by atoms with E-state index in [1.807, 2.05) is 0 Å². The fraction of sp³-hybridized carbons (Fsp3) is 0.625. The van der Waals surface area contributed by atoms with E-state index in [-0.39, 0.29) is 12.1 Å². The number of ether oxygens (including phenoxy) is 2. The fourth-order valence-corrected chi connectivity index (χ4v) is 2.56. The van der Waals surface area contributed by atoms with E-state index in [0.717, 1.165) is 13.0 Å². The van der Waals surface area contributed by atoms with Crippen LogP contribution < -0.4 is 5.32 Å². The van der Waals surface area contributed by atoms with Crippen LogP contribution in [0.5, 0.6) is 0 Å². The van der Waals surface area contributed by atoms with Crippen LogP contribution in [0.2, 0.25) is 0 Å². The van der Waals surface area contributed by atoms with Crippen LogP contribution in [-0.4, -0.2) is 32.5 Å². The van der Waals surface area contributed by atoms with Gasteiger partial charge in [-0.05, 0) is 24.1 Å². The quantitative estimate of drug-likeness (QED) is 0.856. The standard InChI is InChI=1S/C16H25NO2/c1-3-5-13-6-8-14(9-7-13)16(17-4-2)15-12-18-10-11-19-15/h6-9,15-17H,3-5,10-12H2,1-2H3. The van der Waals surface area contributed by atoms with Crippen LogP contribution in [0.25, 0.3) is 0 Å². The summed E-state index contributed by atoms with van der Waals surface area (Å²) in [5.74, 6) is 0. The number of rotatable bonds is 6. The molecule has 2 rings (SSSR count). The molecule has 1 heterocycles. The van der Waals surface area contributed by atoms with Gasteiger partial charge in [-0.15, -0.1) is 0 Å². The molecule has 3 heteroatoms. The van der Waals surface area contributed by atoms with Crippen molar-refractivity contribution in [2.75, 3.05) is 26.4 Å². The summed E-state index contributed by atoms with van der Waals surface area (Å²) >= 11 is 0. The molecule has 2 unspecified atom stereocenters. The minimum atomic E-state index is 0.116. The van der Waals surface area contributed by atoms with Crippen molar-refractivity contribution in [3.8, 4) is 0 Å². The van der Waals surface area contributed by atoms with Crippen LogP contribution in [0.4, 0.5) is 0 Å². The maximum absolute atomic E-state index is 5.84. The summed E-state index contributed by atoms with van der Waals surface area (Å²) in [6, 6.07) is 9.12. The largest absolute Gasteiger partial charge is 0.376 e. The van der Waals surface area contributed by atoms with Gasteiger partial charge in [0.2, 0.25) is 0 Å². The van der Waals surface area contributed by atoms with Crippen LogP contribution in [0.3, 0.4) is 0 Å². The topological polar surface area (TPSA) is 30.5 Å². The molecule has 1 aliphatic rings. The number of likely N-dealkylation sites (N-methyl/N-ethyl adjacent to an activating group) is 1. The maximum Gasteiger partial charge on any atom is 0.100 e. The molecule has 3 nitrogen and oxygen atoms in total. The smallest absolute Gasteiger partial charge is 0.100 e. The van der Waals surface area contributed by atoms with Gasteiger partial charge in [0.05, 0.1) is 25.9 Å². The molecule has 1 N–H and O–H groups in total. The van der Waals surface area contributed by atoms with E-state index in [1.165, 1.54) is 17.5 Å². The average Bonchev–Trinajstić information content (AvgIpc) is 2.47. The third-order valence-corrected chi connectivity index (χ3v) is 3.52. The van der Waals surface area contributed by atoms with Crippen LogP contribution in [0, 0.1) is 0 Å². The predicted octanol–water partition coefficient (Wildman–Crippen LogP) is 2.71. The Labute approximate surface area is 116 Å². The molecule has 0 spiro atoms. The second-order valence-corrected chi connectivity index (χ2v) is 5.01. The van der Waals surface area contributed by atoms with Gasteiger partial charge < -0.3 is 14.8 Å². The van der Waals surface area contributed by atoms with Gasteiger partial charge in [0.25, 0.3) is 0 Å². The Balaban J connectivity index is 2.08. The Morgan fingerprint density at radius 3 is 2.58 bits per heavy atom. The zero-order valence-corrected chi connectivity index (χ0v) is 12.0. The molecule has 1 aliphatic heterocycles. The van der Waals surface area contributed by atoms with Gasteiger partial charge in [-0.2, -0.15) is 0 Å². The monoisotopic (exact) mass is 263 g/mol. The van der Waals surface area contributed by atoms with Crippen LogP contribution in [-0.2, 0) is 15.9 Å². The van der Waals surface area contributed by atoms with Gasteiger partial charge in [0.15, 0.2) is 0 Å². The van der Waals surface area contributed by atoms with Crippen molar-refractivity contribution in [2.45, 2.75) is 38.8 Å². The first kappa shape index (κ1) is 14.5. The summed E-state index contributed by atoms with van der Waals surface area (Å²) in [7, 11) is 0. The zero-order valence-electron chi connectivity index (χ0n) is 12.0. The van der Waals surface area contributed by atoms with Crippen molar-refractivity contribution in [1.29, 1.82) is 0 Å². The first-order valence-electron chi connectivity index (χ1n) is 7.36. The molecule has 1 saturated heterocycles. The number of aryl methyl sites for hydroxylation is 1. The lowest BCUT2D eigenvalue weighted by Gasteiger charge is -2.31. The van der Waals surface area contributed by atoms with E-state index in [0.29, 0.717) is 19.8 Å². The van der Waals surface area contributed by atoms with Crippen molar-refractivity contribution < 1.29 is 9.47 Å². The molecule has 106 valence electrons. The van der Waals surface area contributed by atoms with Crippen molar-refractivity contribution in [3.63, 3.8) is 0 Å². The van der Waals surface area contributed by atoms with E-state index in [9.17, 15) is 0 Å². The Morgan fingerprint density at radius 2 is 2.00 bits per heavy atom. The molecule has 0 radical (unpaired) electrons. The molecule has 0 amide bonds. The summed E-state index contributed by atoms with van der Waals surface area (Å²) in [6.07, 6.45) is 2.45. The average molecular weight is 263 g/mol. The van der Waals surface area contributed by atoms with E-state index in [2.05, 4.69) is 43.4 Å². The highest BCUT2D eigenvalue weighted by Crippen LogP contribution is 2.22. The molecule has 1 aromatic rings. The van der Waals surface area contributed by atoms with Crippen LogP contribution in [0.1, 0.15) is 37.4 Å². The normalized spacial score (nSPS) is 21.3. The molecule has 0 saturated carbocycles. The third-order valence-electron chi connectivity index (χ3n) is 3.52. The summed E-state index contributed by atoms with van der Waals surface area (Å²) in [5.41, 5.74) is 2.69. The third kappa shape index (κ3) is 4.03. The van der Waals surface area contributed by atoms with E-state index < -0.39 is 0 Å². The lowest BCUT2D eigenvalue weighted by atomic mass is 9.98. The summed E-state index contributed by atoms with van der Waals surface area (Å²) < 4.78 is 11.4. The minimum Gasteiger partial charge on any atom is -0.376 e. The Bertz CT molecular complexity index is 358. The molecule has 0 aromatic heterocycles. The Hall–Kier alpha value is -0.900. The molecule has 1 fully saturated rings. The number of benzene rings is 1. The highest BCUT2D eigenvalue weighted by molar-refractivity contribution is 5.26. The van der Waals surface area contributed by atoms with E-state index in [1.54, 1.807) is 0 Å². The van der Waals surface area contributed by atoms with Gasteiger partial charge in [-0.25, -0.2) is 0 Å². The number of hydrogen-bond donors (Lipinski definition) is 1. The molecular weight excluding hydrogens is 238 g/mol. The zero-order chi connectivity index (χ0) is 13.5. The van der Waals surface area contributed by atoms with Crippen molar-refractivity contribution in [1.82, 2.24) is 5.32 Å². The van der Waals surface area contributed by atoms with E-state index in [4.69, 9.17) is 9.47 Å². The molecule has 0 aliphatic carbocycles. The van der Waals surface area contributed by atoms with E-state index >= 15 is 0 Å². The Kier molecular flexibility index (Phi) is 5.83. The molecule has 0 bridgehead atoms. The van der Waals surface area contributed by atoms with Crippen molar-refractivity contribution in [3.05, 3.63) is 35.4 Å². The molecule has 2 atom stereocenters. The first-order valence-corrected chi connectivity index (χ1v) is 7.36. The predicted molar refractivity (Wildman–Crippen MR) is 77.4 cm³/mol. The highest BCUT2D eigenvalue weighted by atomic mass is 16.6. The van der Waals surface area contributed by atoms with Gasteiger partial charge in [0.1, 0.15) is 6.10 Å². The number of hydrogen-bond acceptors (Lipinski definition) is 3. The highest BCUT2D eigenvalue weighted by Gasteiger charge is 2.25. The molecular formula is C16H25NO2. The van der Waals surface area contributed by atoms with Crippen molar-refractivity contribution in [2.24, 2.45) is 0 Å². The van der Waals surface area contributed by atoms with Crippen molar-refractivity contribution >= 4 is 0 Å². The Morgan fingerprint density at radius 1 is 1.21 bits per heavy atom. The first-order chi connectivity index (χ1) is 9.35. The maximum atomic E-state index is 5.84. The lowest BCUT2D eigenvalue weighted by Crippen LogP contribution is -2.40. The van der Waals surface area contributed by atoms with Gasteiger partial charge in [-0.1, -0.05) is 44.5 Å². The number of nitrogens with one attached hydrogen (secondary N) is 1. The lowest BCUT2D eigenvalue weighted by molar-refractivity contribution is -0.102. The van der Waals surface area contributed by atoms with Crippen LogP contribution >= 0.6 is 0 Å². The summed E-state index contributed by atoms with van der Waals surface area (Å²) in [6.45, 7) is 7.35. The SMILES string of the molecule is CCCc1ccc(C(NCC)C2COCCO2)cc1. The van der Waals surface area contributed by atoms with Gasteiger partial charge in [-0.3, -0.25) is 0 Å². The van der Waals surface area contributed by atoms with Crippen LogP contribution in [0.15, 0.2) is 24.3 Å². The summed E-state index contributed by atoms with van der Waals surface area (Å²) in [4.78, 5) is 0. The minimum absolute atomic E-state index is 0.116. The van der Waals surface area contributed by atoms with Gasteiger partial charge in [0, 0.05) is 0 Å². The molecule has 19 heavy (non-hydrogen) atoms. The fourth-order valence-electron chi connectivity index (χ4n) is 2.56. The second kappa shape index (κ2) is 7.63. The second-order valence-electron chi connectivity index (χ2n) is 5.01. The van der Waals surface area contributed by atoms with Gasteiger partial charge >= 0.3 is 0 Å². The molecule has 1 aromatic carbocycles. The summed E-state index contributed by atoms with van der Waals surface area (Å²) in [5, 5.41) is 3.52.